The molecule has 1 unspecified atom stereocenters. The second kappa shape index (κ2) is 5.14. The van der Waals surface area contributed by atoms with Gasteiger partial charge in [-0.25, -0.2) is 0 Å². The van der Waals surface area contributed by atoms with E-state index in [2.05, 4.69) is 4.98 Å². The van der Waals surface area contributed by atoms with Crippen molar-refractivity contribution in [3.05, 3.63) is 29.6 Å². The van der Waals surface area contributed by atoms with Gasteiger partial charge in [0, 0.05) is 31.4 Å². The number of hydrogen-bond donors (Lipinski definition) is 2. The molecule has 1 fully saturated rings. The Labute approximate surface area is 104 Å². The highest BCUT2D eigenvalue weighted by molar-refractivity contribution is 5.94. The predicted octanol–water partition coefficient (Wildman–Crippen LogP) is 0.0870. The Hall–Kier alpha value is -1.95. The van der Waals surface area contributed by atoms with E-state index in [9.17, 15) is 9.59 Å². The topological polar surface area (TPSA) is 96.5 Å². The van der Waals surface area contributed by atoms with Crippen LogP contribution in [0.2, 0.25) is 0 Å². The van der Waals surface area contributed by atoms with E-state index < -0.39 is 11.9 Å². The number of pyridine rings is 1. The summed E-state index contributed by atoms with van der Waals surface area (Å²) in [6.07, 6.45) is 2.05. The van der Waals surface area contributed by atoms with Crippen molar-refractivity contribution >= 4 is 11.9 Å². The first-order chi connectivity index (χ1) is 8.61. The fraction of sp³-hybridized carbons (Fsp3) is 0.417. The van der Waals surface area contributed by atoms with Crippen LogP contribution in [-0.4, -0.2) is 40.0 Å². The summed E-state index contributed by atoms with van der Waals surface area (Å²) >= 11 is 0. The molecule has 1 aromatic rings. The van der Waals surface area contributed by atoms with E-state index in [4.69, 9.17) is 10.8 Å². The first kappa shape index (κ1) is 12.5. The zero-order chi connectivity index (χ0) is 13.1. The number of nitrogens with zero attached hydrogens (tertiary/aromatic N) is 2. The fourth-order valence-corrected chi connectivity index (χ4v) is 2.05. The smallest absolute Gasteiger partial charge is 0.308 e. The number of amides is 1. The van der Waals surface area contributed by atoms with Crippen LogP contribution < -0.4 is 5.73 Å². The van der Waals surface area contributed by atoms with Crippen LogP contribution in [0.25, 0.3) is 0 Å². The maximum absolute atomic E-state index is 12.1. The summed E-state index contributed by atoms with van der Waals surface area (Å²) in [5, 5.41) is 8.90. The minimum atomic E-state index is -0.845. The third kappa shape index (κ3) is 2.48. The molecule has 18 heavy (non-hydrogen) atoms. The van der Waals surface area contributed by atoms with Crippen LogP contribution in [0.15, 0.2) is 18.3 Å². The Morgan fingerprint density at radius 2 is 2.33 bits per heavy atom. The third-order valence-corrected chi connectivity index (χ3v) is 3.10. The van der Waals surface area contributed by atoms with Gasteiger partial charge in [0.05, 0.1) is 11.6 Å². The summed E-state index contributed by atoms with van der Waals surface area (Å²) in [5.74, 6) is -1.46. The standard InChI is InChI=1S/C12H15N3O3/c13-6-10-5-8(1-3-14-10)11(16)15-4-2-9(7-15)12(17)18/h1,3,5,9H,2,4,6-7,13H2,(H,17,18). The third-order valence-electron chi connectivity index (χ3n) is 3.10. The lowest BCUT2D eigenvalue weighted by Crippen LogP contribution is -2.30. The second-order valence-corrected chi connectivity index (χ2v) is 4.31. The summed E-state index contributed by atoms with van der Waals surface area (Å²) in [5.41, 5.74) is 6.63. The number of carboxylic acids is 1. The van der Waals surface area contributed by atoms with Gasteiger partial charge in [-0.15, -0.1) is 0 Å². The van der Waals surface area contributed by atoms with E-state index in [0.29, 0.717) is 24.2 Å². The minimum Gasteiger partial charge on any atom is -0.481 e. The summed E-state index contributed by atoms with van der Waals surface area (Å²) in [6.45, 7) is 1.03. The molecule has 3 N–H and O–H groups in total. The summed E-state index contributed by atoms with van der Waals surface area (Å²) in [4.78, 5) is 28.6. The predicted molar refractivity (Wildman–Crippen MR) is 63.8 cm³/mol. The molecule has 1 aromatic heterocycles. The average molecular weight is 249 g/mol. The van der Waals surface area contributed by atoms with E-state index in [1.54, 1.807) is 23.2 Å². The number of carboxylic acid groups (broad SMARTS) is 1. The molecule has 0 spiro atoms. The molecule has 1 aliphatic heterocycles. The highest BCUT2D eigenvalue weighted by Crippen LogP contribution is 2.18. The van der Waals surface area contributed by atoms with Crippen molar-refractivity contribution in [1.29, 1.82) is 0 Å². The van der Waals surface area contributed by atoms with E-state index in [1.165, 1.54) is 0 Å². The quantitative estimate of drug-likeness (QED) is 0.791. The lowest BCUT2D eigenvalue weighted by Gasteiger charge is -2.15. The molecule has 2 rings (SSSR count). The van der Waals surface area contributed by atoms with Crippen molar-refractivity contribution in [2.75, 3.05) is 13.1 Å². The zero-order valence-electron chi connectivity index (χ0n) is 9.87. The van der Waals surface area contributed by atoms with Gasteiger partial charge in [0.25, 0.3) is 5.91 Å². The molecular weight excluding hydrogens is 234 g/mol. The van der Waals surface area contributed by atoms with Crippen molar-refractivity contribution < 1.29 is 14.7 Å². The van der Waals surface area contributed by atoms with Gasteiger partial charge < -0.3 is 15.7 Å². The number of aliphatic carboxylic acids is 1. The lowest BCUT2D eigenvalue weighted by molar-refractivity contribution is -0.141. The Morgan fingerprint density at radius 3 is 2.94 bits per heavy atom. The Morgan fingerprint density at radius 1 is 1.56 bits per heavy atom. The van der Waals surface area contributed by atoms with E-state index in [0.717, 1.165) is 0 Å². The first-order valence-corrected chi connectivity index (χ1v) is 5.79. The molecular formula is C12H15N3O3. The first-order valence-electron chi connectivity index (χ1n) is 5.79. The maximum Gasteiger partial charge on any atom is 0.308 e. The number of likely N-dealkylation sites (tertiary alicyclic amines) is 1. The number of carbonyl (C=O) groups excluding carboxylic acids is 1. The Balaban J connectivity index is 2.10. The number of carbonyl (C=O) groups is 2. The molecule has 96 valence electrons. The van der Waals surface area contributed by atoms with Gasteiger partial charge in [-0.1, -0.05) is 0 Å². The zero-order valence-corrected chi connectivity index (χ0v) is 9.87. The normalized spacial score (nSPS) is 18.9. The highest BCUT2D eigenvalue weighted by atomic mass is 16.4. The number of nitrogens with two attached hydrogens (primary N) is 1. The van der Waals surface area contributed by atoms with Gasteiger partial charge in [0.2, 0.25) is 0 Å². The minimum absolute atomic E-state index is 0.157. The van der Waals surface area contributed by atoms with Gasteiger partial charge in [0.15, 0.2) is 0 Å². The van der Waals surface area contributed by atoms with Crippen LogP contribution in [0.4, 0.5) is 0 Å². The number of aromatic nitrogens is 1. The molecule has 0 aromatic carbocycles. The van der Waals surface area contributed by atoms with Gasteiger partial charge in [-0.05, 0) is 18.6 Å². The largest absolute Gasteiger partial charge is 0.481 e. The van der Waals surface area contributed by atoms with Gasteiger partial charge in [0.1, 0.15) is 0 Å². The molecule has 6 nitrogen and oxygen atoms in total. The average Bonchev–Trinajstić information content (AvgIpc) is 2.87. The lowest BCUT2D eigenvalue weighted by atomic mass is 10.1. The number of rotatable bonds is 3. The number of hydrogen-bond acceptors (Lipinski definition) is 4. The van der Waals surface area contributed by atoms with E-state index in [1.807, 2.05) is 0 Å². The van der Waals surface area contributed by atoms with Gasteiger partial charge in [-0.3, -0.25) is 14.6 Å². The Kier molecular flexibility index (Phi) is 3.57. The van der Waals surface area contributed by atoms with Crippen LogP contribution in [-0.2, 0) is 11.3 Å². The molecule has 0 saturated carbocycles. The molecule has 6 heteroatoms. The fourth-order valence-electron chi connectivity index (χ4n) is 2.05. The van der Waals surface area contributed by atoms with E-state index in [-0.39, 0.29) is 19.0 Å². The highest BCUT2D eigenvalue weighted by Gasteiger charge is 2.31. The van der Waals surface area contributed by atoms with Crippen molar-refractivity contribution in [1.82, 2.24) is 9.88 Å². The maximum atomic E-state index is 12.1. The molecule has 0 aliphatic carbocycles. The molecule has 1 aliphatic rings. The molecule has 1 amide bonds. The monoisotopic (exact) mass is 249 g/mol. The van der Waals surface area contributed by atoms with Crippen LogP contribution in [0, 0.1) is 5.92 Å². The molecule has 2 heterocycles. The van der Waals surface area contributed by atoms with Gasteiger partial charge >= 0.3 is 5.97 Å². The summed E-state index contributed by atoms with van der Waals surface area (Å²) in [6, 6.07) is 3.27. The van der Waals surface area contributed by atoms with Crippen molar-refractivity contribution in [3.63, 3.8) is 0 Å². The molecule has 0 bridgehead atoms. The molecule has 1 saturated heterocycles. The summed E-state index contributed by atoms with van der Waals surface area (Å²) < 4.78 is 0. The van der Waals surface area contributed by atoms with Crippen LogP contribution in [0.5, 0.6) is 0 Å². The van der Waals surface area contributed by atoms with Crippen LogP contribution in [0.3, 0.4) is 0 Å². The second-order valence-electron chi connectivity index (χ2n) is 4.31. The molecule has 1 atom stereocenters. The SMILES string of the molecule is NCc1cc(C(=O)N2CCC(C(=O)O)C2)ccn1. The van der Waals surface area contributed by atoms with E-state index >= 15 is 0 Å². The van der Waals surface area contributed by atoms with Crippen molar-refractivity contribution in [3.8, 4) is 0 Å². The molecule has 0 radical (unpaired) electrons. The Bertz CT molecular complexity index is 475. The summed E-state index contributed by atoms with van der Waals surface area (Å²) in [7, 11) is 0. The van der Waals surface area contributed by atoms with Crippen molar-refractivity contribution in [2.24, 2.45) is 11.7 Å². The van der Waals surface area contributed by atoms with Crippen molar-refractivity contribution in [2.45, 2.75) is 13.0 Å². The van der Waals surface area contributed by atoms with Gasteiger partial charge in [-0.2, -0.15) is 0 Å². The van der Waals surface area contributed by atoms with Crippen LogP contribution in [0.1, 0.15) is 22.5 Å². The van der Waals surface area contributed by atoms with Crippen LogP contribution >= 0.6 is 0 Å².